The summed E-state index contributed by atoms with van der Waals surface area (Å²) < 4.78 is 37.0. The first-order valence-electron chi connectivity index (χ1n) is 8.69. The van der Waals surface area contributed by atoms with Crippen molar-refractivity contribution in [2.24, 2.45) is 0 Å². The van der Waals surface area contributed by atoms with Gasteiger partial charge in [-0.2, -0.15) is 0 Å². The summed E-state index contributed by atoms with van der Waals surface area (Å²) in [5.41, 5.74) is 0.389. The van der Waals surface area contributed by atoms with Gasteiger partial charge in [0, 0.05) is 31.3 Å². The average molecular weight is 435 g/mol. The first kappa shape index (κ1) is 22.8. The molecule has 0 aliphatic carbocycles. The van der Waals surface area contributed by atoms with Crippen molar-refractivity contribution in [2.75, 3.05) is 27.3 Å². The SMILES string of the molecule is COc1ccc(/C=C/C(=O)NCCNS(=O)(=O)c2cccc([N+](=O)[O-])c2)cc1OC. The molecule has 0 atom stereocenters. The Morgan fingerprint density at radius 3 is 2.50 bits per heavy atom. The van der Waals surface area contributed by atoms with Crippen molar-refractivity contribution in [1.29, 1.82) is 0 Å². The van der Waals surface area contributed by atoms with Crippen molar-refractivity contribution in [3.63, 3.8) is 0 Å². The fourth-order valence-corrected chi connectivity index (χ4v) is 3.48. The minimum atomic E-state index is -3.93. The molecule has 0 aromatic heterocycles. The number of nitro benzene ring substituents is 1. The molecule has 30 heavy (non-hydrogen) atoms. The molecule has 160 valence electrons. The van der Waals surface area contributed by atoms with E-state index in [0.29, 0.717) is 17.1 Å². The number of rotatable bonds is 10. The lowest BCUT2D eigenvalue weighted by Gasteiger charge is -2.08. The minimum absolute atomic E-state index is 0.0310. The lowest BCUT2D eigenvalue weighted by Crippen LogP contribution is -2.34. The molecule has 0 fully saturated rings. The number of nitrogens with one attached hydrogen (secondary N) is 2. The number of carbonyl (C=O) groups excluding carboxylic acids is 1. The number of ether oxygens (including phenoxy) is 2. The number of nitro groups is 1. The third-order valence-corrected chi connectivity index (χ3v) is 5.35. The van der Waals surface area contributed by atoms with E-state index in [1.807, 2.05) is 0 Å². The van der Waals surface area contributed by atoms with Crippen LogP contribution in [0.25, 0.3) is 6.08 Å². The van der Waals surface area contributed by atoms with Crippen LogP contribution < -0.4 is 19.5 Å². The molecule has 1 amide bonds. The van der Waals surface area contributed by atoms with Crippen LogP contribution in [0.3, 0.4) is 0 Å². The number of hydrogen-bond acceptors (Lipinski definition) is 7. The van der Waals surface area contributed by atoms with Gasteiger partial charge in [-0.3, -0.25) is 14.9 Å². The summed E-state index contributed by atoms with van der Waals surface area (Å²) in [7, 11) is -0.905. The van der Waals surface area contributed by atoms with Gasteiger partial charge in [-0.05, 0) is 29.8 Å². The normalized spacial score (nSPS) is 11.3. The minimum Gasteiger partial charge on any atom is -0.493 e. The van der Waals surface area contributed by atoms with Gasteiger partial charge in [0.15, 0.2) is 11.5 Å². The predicted molar refractivity (Wildman–Crippen MR) is 110 cm³/mol. The molecule has 0 saturated carbocycles. The molecule has 11 heteroatoms. The molecule has 0 radical (unpaired) electrons. The average Bonchev–Trinajstić information content (AvgIpc) is 2.75. The van der Waals surface area contributed by atoms with Crippen LogP contribution in [0, 0.1) is 10.1 Å². The standard InChI is InChI=1S/C19H21N3O7S/c1-28-17-8-6-14(12-18(17)29-2)7-9-19(23)20-10-11-21-30(26,27)16-5-3-4-15(13-16)22(24)25/h3-9,12-13,21H,10-11H2,1-2H3,(H,20,23)/b9-7+. The predicted octanol–water partition coefficient (Wildman–Crippen LogP) is 1.72. The van der Waals surface area contributed by atoms with Gasteiger partial charge in [-0.1, -0.05) is 12.1 Å². The van der Waals surface area contributed by atoms with Crippen LogP contribution in [0.2, 0.25) is 0 Å². The van der Waals surface area contributed by atoms with E-state index in [9.17, 15) is 23.3 Å². The number of amides is 1. The topological polar surface area (TPSA) is 137 Å². The molecule has 0 heterocycles. The zero-order valence-corrected chi connectivity index (χ0v) is 17.1. The van der Waals surface area contributed by atoms with Crippen LogP contribution >= 0.6 is 0 Å². The van der Waals surface area contributed by atoms with Gasteiger partial charge < -0.3 is 14.8 Å². The van der Waals surface area contributed by atoms with Crippen molar-refractivity contribution in [1.82, 2.24) is 10.0 Å². The van der Waals surface area contributed by atoms with E-state index < -0.39 is 20.9 Å². The molecule has 2 N–H and O–H groups in total. The highest BCUT2D eigenvalue weighted by molar-refractivity contribution is 7.89. The number of sulfonamides is 1. The molecule has 0 aliphatic rings. The Morgan fingerprint density at radius 1 is 1.10 bits per heavy atom. The van der Waals surface area contributed by atoms with Crippen molar-refractivity contribution in [3.05, 3.63) is 64.2 Å². The first-order chi connectivity index (χ1) is 14.3. The number of hydrogen-bond donors (Lipinski definition) is 2. The first-order valence-corrected chi connectivity index (χ1v) is 10.2. The highest BCUT2D eigenvalue weighted by atomic mass is 32.2. The quantitative estimate of drug-likeness (QED) is 0.251. The van der Waals surface area contributed by atoms with Crippen LogP contribution in [0.15, 0.2) is 53.4 Å². The van der Waals surface area contributed by atoms with Crippen molar-refractivity contribution < 1.29 is 27.6 Å². The zero-order valence-electron chi connectivity index (χ0n) is 16.3. The van der Waals surface area contributed by atoms with Gasteiger partial charge in [-0.15, -0.1) is 0 Å². The van der Waals surface area contributed by atoms with Crippen LogP contribution in [0.4, 0.5) is 5.69 Å². The Balaban J connectivity index is 1.86. The van der Waals surface area contributed by atoms with Gasteiger partial charge in [0.05, 0.1) is 24.0 Å². The number of methoxy groups -OCH3 is 2. The second-order valence-electron chi connectivity index (χ2n) is 5.89. The number of non-ortho nitro benzene ring substituents is 1. The summed E-state index contributed by atoms with van der Waals surface area (Å²) in [5, 5.41) is 13.3. The summed E-state index contributed by atoms with van der Waals surface area (Å²) in [6.07, 6.45) is 2.88. The van der Waals surface area contributed by atoms with Gasteiger partial charge in [0.1, 0.15) is 0 Å². The maximum Gasteiger partial charge on any atom is 0.270 e. The summed E-state index contributed by atoms with van der Waals surface area (Å²) in [5.74, 6) is 0.671. The molecule has 0 unspecified atom stereocenters. The fraction of sp³-hybridized carbons (Fsp3) is 0.211. The largest absolute Gasteiger partial charge is 0.493 e. The Hall–Kier alpha value is -3.44. The molecule has 10 nitrogen and oxygen atoms in total. The van der Waals surface area contributed by atoms with E-state index in [0.717, 1.165) is 6.07 Å². The Morgan fingerprint density at radius 2 is 1.83 bits per heavy atom. The molecule has 2 aromatic carbocycles. The molecule has 0 saturated heterocycles. The second-order valence-corrected chi connectivity index (χ2v) is 7.66. The van der Waals surface area contributed by atoms with Crippen LogP contribution in [-0.4, -0.2) is 46.6 Å². The van der Waals surface area contributed by atoms with E-state index in [1.165, 1.54) is 38.5 Å². The third-order valence-electron chi connectivity index (χ3n) is 3.89. The molecular formula is C19H21N3O7S. The molecule has 2 rings (SSSR count). The molecule has 0 spiro atoms. The van der Waals surface area contributed by atoms with Crippen LogP contribution in [0.5, 0.6) is 11.5 Å². The highest BCUT2D eigenvalue weighted by Crippen LogP contribution is 2.27. The smallest absolute Gasteiger partial charge is 0.270 e. The maximum atomic E-state index is 12.2. The highest BCUT2D eigenvalue weighted by Gasteiger charge is 2.17. The van der Waals surface area contributed by atoms with E-state index in [-0.39, 0.29) is 23.7 Å². The van der Waals surface area contributed by atoms with Crippen molar-refractivity contribution >= 4 is 27.7 Å². The van der Waals surface area contributed by atoms with E-state index in [2.05, 4.69) is 10.0 Å². The Kier molecular flexibility index (Phi) is 7.90. The zero-order chi connectivity index (χ0) is 22.1. The number of benzene rings is 2. The molecule has 0 bridgehead atoms. The van der Waals surface area contributed by atoms with Crippen molar-refractivity contribution in [2.45, 2.75) is 4.90 Å². The van der Waals surface area contributed by atoms with E-state index >= 15 is 0 Å². The summed E-state index contributed by atoms with van der Waals surface area (Å²) in [4.78, 5) is 21.8. The van der Waals surface area contributed by atoms with Crippen molar-refractivity contribution in [3.8, 4) is 11.5 Å². The number of carbonyl (C=O) groups is 1. The Labute approximate surface area is 173 Å². The maximum absolute atomic E-state index is 12.2. The monoisotopic (exact) mass is 435 g/mol. The third kappa shape index (κ3) is 6.29. The summed E-state index contributed by atoms with van der Waals surface area (Å²) in [6.45, 7) is -0.0514. The second kappa shape index (κ2) is 10.4. The molecule has 0 aliphatic heterocycles. The molecular weight excluding hydrogens is 414 g/mol. The number of nitrogens with zero attached hydrogens (tertiary/aromatic N) is 1. The van der Waals surface area contributed by atoms with Crippen LogP contribution in [-0.2, 0) is 14.8 Å². The van der Waals surface area contributed by atoms with Gasteiger partial charge in [-0.25, -0.2) is 13.1 Å². The van der Waals surface area contributed by atoms with E-state index in [1.54, 1.807) is 24.3 Å². The summed E-state index contributed by atoms with van der Waals surface area (Å²) >= 11 is 0. The van der Waals surface area contributed by atoms with Gasteiger partial charge in [0.25, 0.3) is 5.69 Å². The summed E-state index contributed by atoms with van der Waals surface area (Å²) in [6, 6.07) is 9.86. The lowest BCUT2D eigenvalue weighted by atomic mass is 10.2. The molecule has 2 aromatic rings. The van der Waals surface area contributed by atoms with Crippen LogP contribution in [0.1, 0.15) is 5.56 Å². The lowest BCUT2D eigenvalue weighted by molar-refractivity contribution is -0.385. The van der Waals surface area contributed by atoms with E-state index in [4.69, 9.17) is 9.47 Å². The Bertz CT molecular complexity index is 1050. The fourth-order valence-electron chi connectivity index (χ4n) is 2.41. The van der Waals surface area contributed by atoms with Gasteiger partial charge in [0.2, 0.25) is 15.9 Å². The van der Waals surface area contributed by atoms with Gasteiger partial charge >= 0.3 is 0 Å².